The highest BCUT2D eigenvalue weighted by atomic mass is 32.1. The molecule has 0 aliphatic heterocycles. The summed E-state index contributed by atoms with van der Waals surface area (Å²) < 4.78 is 5.65. The average molecular weight is 384 g/mol. The second kappa shape index (κ2) is 7.36. The molecule has 7 heteroatoms. The van der Waals surface area contributed by atoms with Gasteiger partial charge >= 0.3 is 5.97 Å². The minimum atomic E-state index is -0.988. The number of aryl methyl sites for hydroxylation is 1. The SMILES string of the molecule is Cc1oc(-c2ccsc2)nc1CC(=O)Nc1ccc(C(C)(C)C(=O)O)cc1. The van der Waals surface area contributed by atoms with Crippen LogP contribution in [0.5, 0.6) is 0 Å². The minimum Gasteiger partial charge on any atom is -0.481 e. The normalized spacial score (nSPS) is 11.4. The number of carboxylic acid groups (broad SMARTS) is 1. The molecule has 1 aromatic carbocycles. The molecular formula is C20H20N2O4S. The number of anilines is 1. The van der Waals surface area contributed by atoms with Crippen LogP contribution in [-0.2, 0) is 21.4 Å². The van der Waals surface area contributed by atoms with Gasteiger partial charge in [0.1, 0.15) is 5.76 Å². The molecule has 0 radical (unpaired) electrons. The van der Waals surface area contributed by atoms with Crippen LogP contribution in [-0.4, -0.2) is 22.0 Å². The van der Waals surface area contributed by atoms with E-state index in [0.717, 1.165) is 5.56 Å². The van der Waals surface area contributed by atoms with E-state index in [1.807, 2.05) is 16.8 Å². The summed E-state index contributed by atoms with van der Waals surface area (Å²) >= 11 is 1.55. The number of nitrogens with one attached hydrogen (secondary N) is 1. The predicted octanol–water partition coefficient (Wildman–Crippen LogP) is 4.25. The molecule has 3 rings (SSSR count). The number of hydrogen-bond acceptors (Lipinski definition) is 5. The first-order valence-electron chi connectivity index (χ1n) is 8.40. The highest BCUT2D eigenvalue weighted by Crippen LogP contribution is 2.26. The van der Waals surface area contributed by atoms with Crippen LogP contribution in [0.4, 0.5) is 5.69 Å². The third kappa shape index (κ3) is 4.09. The molecule has 1 amide bonds. The molecule has 3 aromatic rings. The number of aliphatic carboxylic acids is 1. The summed E-state index contributed by atoms with van der Waals surface area (Å²) in [5, 5.41) is 16.0. The maximum atomic E-state index is 12.3. The van der Waals surface area contributed by atoms with Crippen molar-refractivity contribution >= 4 is 28.9 Å². The lowest BCUT2D eigenvalue weighted by Crippen LogP contribution is -2.28. The van der Waals surface area contributed by atoms with Gasteiger partial charge in [0.15, 0.2) is 0 Å². The Kier molecular flexibility index (Phi) is 5.14. The Labute approximate surface area is 160 Å². The van der Waals surface area contributed by atoms with Gasteiger partial charge in [-0.15, -0.1) is 0 Å². The summed E-state index contributed by atoms with van der Waals surface area (Å²) in [6, 6.07) is 8.73. The molecular weight excluding hydrogens is 364 g/mol. The first kappa shape index (κ1) is 18.8. The molecule has 0 unspecified atom stereocenters. The summed E-state index contributed by atoms with van der Waals surface area (Å²) in [6.45, 7) is 5.07. The van der Waals surface area contributed by atoms with Gasteiger partial charge < -0.3 is 14.8 Å². The molecule has 140 valence electrons. The first-order valence-corrected chi connectivity index (χ1v) is 9.34. The van der Waals surface area contributed by atoms with Gasteiger partial charge in [0, 0.05) is 16.6 Å². The average Bonchev–Trinajstić information content (AvgIpc) is 3.25. The number of carbonyl (C=O) groups is 2. The van der Waals surface area contributed by atoms with Gasteiger partial charge in [-0.3, -0.25) is 9.59 Å². The molecule has 0 spiro atoms. The van der Waals surface area contributed by atoms with Crippen molar-refractivity contribution in [2.45, 2.75) is 32.6 Å². The van der Waals surface area contributed by atoms with Crippen molar-refractivity contribution in [1.29, 1.82) is 0 Å². The fourth-order valence-corrected chi connectivity index (χ4v) is 3.18. The van der Waals surface area contributed by atoms with Crippen LogP contribution in [0.15, 0.2) is 45.5 Å². The lowest BCUT2D eigenvalue weighted by atomic mass is 9.85. The standard InChI is InChI=1S/C20H20N2O4S/c1-12-16(22-18(26-12)13-8-9-27-11-13)10-17(23)21-15-6-4-14(5-7-15)20(2,3)19(24)25/h4-9,11H,10H2,1-3H3,(H,21,23)(H,24,25). The van der Waals surface area contributed by atoms with Gasteiger partial charge in [-0.25, -0.2) is 4.98 Å². The Morgan fingerprint density at radius 3 is 2.52 bits per heavy atom. The van der Waals surface area contributed by atoms with E-state index in [1.54, 1.807) is 56.4 Å². The van der Waals surface area contributed by atoms with E-state index >= 15 is 0 Å². The van der Waals surface area contributed by atoms with E-state index in [0.29, 0.717) is 28.6 Å². The third-order valence-corrected chi connectivity index (χ3v) is 5.10. The quantitative estimate of drug-likeness (QED) is 0.663. The second-order valence-electron chi connectivity index (χ2n) is 6.77. The van der Waals surface area contributed by atoms with Crippen LogP contribution in [0.25, 0.3) is 11.5 Å². The van der Waals surface area contributed by atoms with Crippen LogP contribution in [0.1, 0.15) is 30.9 Å². The zero-order chi connectivity index (χ0) is 19.6. The first-order chi connectivity index (χ1) is 12.8. The zero-order valence-electron chi connectivity index (χ0n) is 15.3. The van der Waals surface area contributed by atoms with E-state index in [-0.39, 0.29) is 12.3 Å². The summed E-state index contributed by atoms with van der Waals surface area (Å²) in [6.07, 6.45) is 0.0990. The molecule has 0 aliphatic rings. The van der Waals surface area contributed by atoms with Gasteiger partial charge in [-0.05, 0) is 49.9 Å². The number of benzene rings is 1. The van der Waals surface area contributed by atoms with Gasteiger partial charge in [0.05, 0.1) is 17.5 Å². The predicted molar refractivity (Wildman–Crippen MR) is 104 cm³/mol. The molecule has 0 saturated heterocycles. The molecule has 0 saturated carbocycles. The topological polar surface area (TPSA) is 92.4 Å². The molecule has 0 fully saturated rings. The van der Waals surface area contributed by atoms with Gasteiger partial charge in [-0.2, -0.15) is 11.3 Å². The maximum Gasteiger partial charge on any atom is 0.313 e. The van der Waals surface area contributed by atoms with E-state index < -0.39 is 11.4 Å². The highest BCUT2D eigenvalue weighted by molar-refractivity contribution is 7.08. The summed E-state index contributed by atoms with van der Waals surface area (Å²) in [4.78, 5) is 28.1. The molecule has 0 atom stereocenters. The van der Waals surface area contributed by atoms with Crippen molar-refractivity contribution in [1.82, 2.24) is 4.98 Å². The number of aromatic nitrogens is 1. The van der Waals surface area contributed by atoms with Crippen molar-refractivity contribution in [2.75, 3.05) is 5.32 Å². The summed E-state index contributed by atoms with van der Waals surface area (Å²) in [5.41, 5.74) is 1.77. The molecule has 27 heavy (non-hydrogen) atoms. The molecule has 2 aromatic heterocycles. The molecule has 2 heterocycles. The molecule has 0 bridgehead atoms. The smallest absolute Gasteiger partial charge is 0.313 e. The van der Waals surface area contributed by atoms with Crippen molar-refractivity contribution in [3.63, 3.8) is 0 Å². The maximum absolute atomic E-state index is 12.3. The van der Waals surface area contributed by atoms with Crippen LogP contribution >= 0.6 is 11.3 Å². The van der Waals surface area contributed by atoms with Gasteiger partial charge in [0.2, 0.25) is 11.8 Å². The number of thiophene rings is 1. The Morgan fingerprint density at radius 1 is 1.22 bits per heavy atom. The van der Waals surface area contributed by atoms with E-state index in [9.17, 15) is 14.7 Å². The van der Waals surface area contributed by atoms with Crippen molar-refractivity contribution in [3.8, 4) is 11.5 Å². The van der Waals surface area contributed by atoms with Gasteiger partial charge in [0.25, 0.3) is 0 Å². The summed E-state index contributed by atoms with van der Waals surface area (Å²) in [5.74, 6) is 0.0115. The summed E-state index contributed by atoms with van der Waals surface area (Å²) in [7, 11) is 0. The highest BCUT2D eigenvalue weighted by Gasteiger charge is 2.29. The largest absolute Gasteiger partial charge is 0.481 e. The van der Waals surface area contributed by atoms with Crippen LogP contribution < -0.4 is 5.32 Å². The Bertz CT molecular complexity index is 957. The number of carboxylic acids is 1. The lowest BCUT2D eigenvalue weighted by Gasteiger charge is -2.19. The van der Waals surface area contributed by atoms with E-state index in [2.05, 4.69) is 10.3 Å². The number of oxazole rings is 1. The monoisotopic (exact) mass is 384 g/mol. The van der Waals surface area contributed by atoms with Crippen molar-refractivity contribution in [3.05, 3.63) is 58.1 Å². The number of rotatable bonds is 6. The number of carbonyl (C=O) groups excluding carboxylic acids is 1. The number of hydrogen-bond donors (Lipinski definition) is 2. The van der Waals surface area contributed by atoms with Crippen LogP contribution in [0.2, 0.25) is 0 Å². The fraction of sp³-hybridized carbons (Fsp3) is 0.250. The number of nitrogens with zero attached hydrogens (tertiary/aromatic N) is 1. The Balaban J connectivity index is 1.67. The van der Waals surface area contributed by atoms with Crippen molar-refractivity contribution in [2.24, 2.45) is 0 Å². The number of amides is 1. The lowest BCUT2D eigenvalue weighted by molar-refractivity contribution is -0.142. The Hall–Kier alpha value is -2.93. The van der Waals surface area contributed by atoms with E-state index in [4.69, 9.17) is 4.42 Å². The molecule has 6 nitrogen and oxygen atoms in total. The van der Waals surface area contributed by atoms with Crippen LogP contribution in [0, 0.1) is 6.92 Å². The molecule has 2 N–H and O–H groups in total. The Morgan fingerprint density at radius 2 is 1.93 bits per heavy atom. The van der Waals surface area contributed by atoms with Crippen molar-refractivity contribution < 1.29 is 19.1 Å². The third-order valence-electron chi connectivity index (χ3n) is 4.41. The second-order valence-corrected chi connectivity index (χ2v) is 7.55. The fourth-order valence-electron chi connectivity index (χ4n) is 2.55. The van der Waals surface area contributed by atoms with E-state index in [1.165, 1.54) is 0 Å². The van der Waals surface area contributed by atoms with Crippen LogP contribution in [0.3, 0.4) is 0 Å². The van der Waals surface area contributed by atoms with Gasteiger partial charge in [-0.1, -0.05) is 12.1 Å². The minimum absolute atomic E-state index is 0.0990. The zero-order valence-corrected chi connectivity index (χ0v) is 16.1. The molecule has 0 aliphatic carbocycles.